The summed E-state index contributed by atoms with van der Waals surface area (Å²) in [7, 11) is -1.34. The number of rotatable bonds is 4. The van der Waals surface area contributed by atoms with E-state index in [1.807, 2.05) is 19.1 Å². The highest BCUT2D eigenvalue weighted by Crippen LogP contribution is 2.24. The molecule has 2 rings (SSSR count). The van der Waals surface area contributed by atoms with Gasteiger partial charge in [0, 0.05) is 4.90 Å². The number of carbonyl (C=O) groups is 1. The maximum atomic E-state index is 12.3. The number of benzene rings is 1. The topological polar surface area (TPSA) is 34.1 Å². The van der Waals surface area contributed by atoms with Crippen molar-refractivity contribution < 1.29 is 9.00 Å². The quantitative estimate of drug-likeness (QED) is 0.797. The summed E-state index contributed by atoms with van der Waals surface area (Å²) in [6.07, 6.45) is 0. The zero-order valence-electron chi connectivity index (χ0n) is 10.6. The van der Waals surface area contributed by atoms with Crippen LogP contribution in [-0.4, -0.2) is 15.2 Å². The molecule has 0 fully saturated rings. The van der Waals surface area contributed by atoms with Gasteiger partial charge >= 0.3 is 0 Å². The Kier molecular flexibility index (Phi) is 4.55. The summed E-state index contributed by atoms with van der Waals surface area (Å²) >= 11 is 7.03. The van der Waals surface area contributed by atoms with Crippen LogP contribution in [0.5, 0.6) is 0 Å². The van der Waals surface area contributed by atoms with Crippen LogP contribution in [0.1, 0.15) is 22.2 Å². The van der Waals surface area contributed by atoms with Crippen LogP contribution in [0.2, 0.25) is 4.34 Å². The summed E-state index contributed by atoms with van der Waals surface area (Å²) in [5.41, 5.74) is 1.10. The second-order valence-electron chi connectivity index (χ2n) is 4.22. The second kappa shape index (κ2) is 5.99. The molecule has 1 aromatic carbocycles. The monoisotopic (exact) mass is 312 g/mol. The number of thiophene rings is 1. The van der Waals surface area contributed by atoms with Crippen LogP contribution in [0, 0.1) is 6.92 Å². The minimum atomic E-state index is -1.34. The normalized spacial score (nSPS) is 14.1. The molecule has 0 N–H and O–H groups in total. The molecule has 0 saturated heterocycles. The van der Waals surface area contributed by atoms with Crippen LogP contribution < -0.4 is 0 Å². The van der Waals surface area contributed by atoms with Crippen molar-refractivity contribution in [2.45, 2.75) is 24.0 Å². The maximum absolute atomic E-state index is 12.3. The summed E-state index contributed by atoms with van der Waals surface area (Å²) in [5, 5.41) is -0.572. The van der Waals surface area contributed by atoms with Gasteiger partial charge in [-0.25, -0.2) is 0 Å². The average molecular weight is 313 g/mol. The highest BCUT2D eigenvalue weighted by molar-refractivity contribution is 7.86. The molecule has 0 spiro atoms. The Morgan fingerprint density at radius 1 is 1.21 bits per heavy atom. The minimum absolute atomic E-state index is 0.129. The van der Waals surface area contributed by atoms with Crippen molar-refractivity contribution in [2.75, 3.05) is 0 Å². The molecule has 19 heavy (non-hydrogen) atoms. The Balaban J connectivity index is 2.19. The van der Waals surface area contributed by atoms with E-state index >= 15 is 0 Å². The number of aryl methyl sites for hydroxylation is 1. The van der Waals surface area contributed by atoms with E-state index in [0.29, 0.717) is 14.1 Å². The molecule has 1 aromatic heterocycles. The first kappa shape index (κ1) is 14.4. The first-order valence-electron chi connectivity index (χ1n) is 5.76. The van der Waals surface area contributed by atoms with Crippen molar-refractivity contribution in [2.24, 2.45) is 0 Å². The van der Waals surface area contributed by atoms with Crippen molar-refractivity contribution in [1.82, 2.24) is 0 Å². The van der Waals surface area contributed by atoms with Crippen LogP contribution in [-0.2, 0) is 10.8 Å². The molecule has 0 aliphatic rings. The molecule has 0 bridgehead atoms. The molecule has 0 aliphatic carbocycles. The molecular weight excluding hydrogens is 300 g/mol. The molecular formula is C14H13ClO2S2. The smallest absolute Gasteiger partial charge is 0.188 e. The third-order valence-corrected chi connectivity index (χ3v) is 5.60. The fourth-order valence-corrected chi connectivity index (χ4v) is 3.90. The standard InChI is InChI=1S/C14H13ClO2S2/c1-9-3-5-11(6-4-9)19(17)10(2)14(16)12-7-8-13(15)18-12/h3-8,10H,1-2H3. The molecule has 0 aliphatic heterocycles. The highest BCUT2D eigenvalue weighted by Gasteiger charge is 2.23. The van der Waals surface area contributed by atoms with E-state index in [4.69, 9.17) is 11.6 Å². The fraction of sp³-hybridized carbons (Fsp3) is 0.214. The van der Waals surface area contributed by atoms with Gasteiger partial charge in [-0.3, -0.25) is 9.00 Å². The Morgan fingerprint density at radius 3 is 2.37 bits per heavy atom. The SMILES string of the molecule is Cc1ccc(S(=O)C(C)C(=O)c2ccc(Cl)s2)cc1. The van der Waals surface area contributed by atoms with Crippen LogP contribution in [0.15, 0.2) is 41.3 Å². The van der Waals surface area contributed by atoms with E-state index in [2.05, 4.69) is 0 Å². The number of halogens is 1. The molecule has 0 radical (unpaired) electrons. The van der Waals surface area contributed by atoms with Crippen LogP contribution >= 0.6 is 22.9 Å². The molecule has 0 amide bonds. The van der Waals surface area contributed by atoms with E-state index in [-0.39, 0.29) is 5.78 Å². The molecule has 1 heterocycles. The average Bonchev–Trinajstić information content (AvgIpc) is 2.84. The molecule has 100 valence electrons. The van der Waals surface area contributed by atoms with Gasteiger partial charge in [-0.15, -0.1) is 11.3 Å². The van der Waals surface area contributed by atoms with E-state index in [0.717, 1.165) is 5.56 Å². The number of Topliss-reactive ketones (excluding diaryl/α,β-unsaturated/α-hetero) is 1. The lowest BCUT2D eigenvalue weighted by molar-refractivity contribution is 0.0996. The first-order chi connectivity index (χ1) is 8.99. The van der Waals surface area contributed by atoms with Crippen molar-refractivity contribution in [3.63, 3.8) is 0 Å². The largest absolute Gasteiger partial charge is 0.292 e. The zero-order valence-corrected chi connectivity index (χ0v) is 12.9. The van der Waals surface area contributed by atoms with Crippen molar-refractivity contribution in [3.05, 3.63) is 51.2 Å². The molecule has 2 unspecified atom stereocenters. The summed E-state index contributed by atoms with van der Waals surface area (Å²) < 4.78 is 12.9. The summed E-state index contributed by atoms with van der Waals surface area (Å²) in [4.78, 5) is 13.4. The van der Waals surface area contributed by atoms with Gasteiger partial charge in [0.15, 0.2) is 5.78 Å². The molecule has 2 nitrogen and oxygen atoms in total. The van der Waals surface area contributed by atoms with Crippen molar-refractivity contribution >= 4 is 39.5 Å². The molecule has 2 atom stereocenters. The minimum Gasteiger partial charge on any atom is -0.292 e. The predicted octanol–water partition coefficient (Wildman–Crippen LogP) is 4.09. The van der Waals surface area contributed by atoms with Gasteiger partial charge in [0.2, 0.25) is 0 Å². The van der Waals surface area contributed by atoms with Crippen LogP contribution in [0.3, 0.4) is 0 Å². The lowest BCUT2D eigenvalue weighted by atomic mass is 10.2. The van der Waals surface area contributed by atoms with Crippen molar-refractivity contribution in [1.29, 1.82) is 0 Å². The Morgan fingerprint density at radius 2 is 1.84 bits per heavy atom. The first-order valence-corrected chi connectivity index (χ1v) is 8.16. The Bertz CT molecular complexity index is 617. The Labute approximate surface area is 123 Å². The van der Waals surface area contributed by atoms with Crippen LogP contribution in [0.4, 0.5) is 0 Å². The lowest BCUT2D eigenvalue weighted by Gasteiger charge is -2.09. The fourth-order valence-electron chi connectivity index (χ4n) is 1.62. The number of hydrogen-bond acceptors (Lipinski definition) is 3. The van der Waals surface area contributed by atoms with Gasteiger partial charge in [0.05, 0.1) is 20.0 Å². The van der Waals surface area contributed by atoms with E-state index in [1.165, 1.54) is 11.3 Å². The van der Waals surface area contributed by atoms with E-state index in [1.54, 1.807) is 31.2 Å². The predicted molar refractivity (Wildman–Crippen MR) is 80.7 cm³/mol. The third kappa shape index (κ3) is 3.32. The molecule has 5 heteroatoms. The second-order valence-corrected chi connectivity index (χ2v) is 7.71. The van der Waals surface area contributed by atoms with Gasteiger partial charge in [-0.05, 0) is 38.1 Å². The summed E-state index contributed by atoms with van der Waals surface area (Å²) in [6, 6.07) is 10.8. The van der Waals surface area contributed by atoms with E-state index < -0.39 is 16.0 Å². The van der Waals surface area contributed by atoms with E-state index in [9.17, 15) is 9.00 Å². The number of hydrogen-bond donors (Lipinski definition) is 0. The summed E-state index contributed by atoms with van der Waals surface area (Å²) in [6.45, 7) is 3.65. The summed E-state index contributed by atoms with van der Waals surface area (Å²) in [5.74, 6) is -0.129. The highest BCUT2D eigenvalue weighted by atomic mass is 35.5. The number of ketones is 1. The van der Waals surface area contributed by atoms with Gasteiger partial charge in [0.1, 0.15) is 5.25 Å². The Hall–Kier alpha value is -0.970. The van der Waals surface area contributed by atoms with Crippen LogP contribution in [0.25, 0.3) is 0 Å². The third-order valence-electron chi connectivity index (χ3n) is 2.76. The molecule has 0 saturated carbocycles. The van der Waals surface area contributed by atoms with Crippen molar-refractivity contribution in [3.8, 4) is 0 Å². The van der Waals surface area contributed by atoms with Gasteiger partial charge < -0.3 is 0 Å². The zero-order chi connectivity index (χ0) is 14.0. The maximum Gasteiger partial charge on any atom is 0.188 e. The van der Waals surface area contributed by atoms with Gasteiger partial charge in [-0.1, -0.05) is 29.3 Å². The lowest BCUT2D eigenvalue weighted by Crippen LogP contribution is -2.22. The van der Waals surface area contributed by atoms with Gasteiger partial charge in [0.25, 0.3) is 0 Å². The number of carbonyl (C=O) groups excluding carboxylic acids is 1. The van der Waals surface area contributed by atoms with Gasteiger partial charge in [-0.2, -0.15) is 0 Å². The molecule has 2 aromatic rings.